The Morgan fingerprint density at radius 3 is 2.61 bits per heavy atom. The fraction of sp³-hybridized carbons (Fsp3) is 0.500. The lowest BCUT2D eigenvalue weighted by Gasteiger charge is -2.24. The molecule has 2 N–H and O–H groups in total. The van der Waals surface area contributed by atoms with Gasteiger partial charge in [-0.05, 0) is 19.9 Å². The summed E-state index contributed by atoms with van der Waals surface area (Å²) >= 11 is 0.874. The zero-order valence-corrected chi connectivity index (χ0v) is 11.9. The van der Waals surface area contributed by atoms with E-state index in [-0.39, 0.29) is 16.4 Å². The molecule has 1 heterocycles. The molecule has 18 heavy (non-hydrogen) atoms. The standard InChI is InChI=1S/C10H15NO5S2/c1-10(2,6-16-3)11-18(14,15)7-4-8(9(12)13)17-5-7/h4-5,11H,6H2,1-3H3,(H,12,13). The van der Waals surface area contributed by atoms with Crippen LogP contribution in [-0.4, -0.2) is 38.7 Å². The van der Waals surface area contributed by atoms with Gasteiger partial charge in [-0.15, -0.1) is 11.3 Å². The molecule has 1 rings (SSSR count). The third-order valence-corrected chi connectivity index (χ3v) is 4.76. The summed E-state index contributed by atoms with van der Waals surface area (Å²) in [5.74, 6) is -1.14. The fourth-order valence-corrected chi connectivity index (χ4v) is 3.89. The van der Waals surface area contributed by atoms with E-state index in [1.54, 1.807) is 13.8 Å². The number of hydrogen-bond donors (Lipinski definition) is 2. The highest BCUT2D eigenvalue weighted by atomic mass is 32.2. The lowest BCUT2D eigenvalue weighted by atomic mass is 10.1. The summed E-state index contributed by atoms with van der Waals surface area (Å²) in [7, 11) is -2.26. The molecule has 6 nitrogen and oxygen atoms in total. The number of sulfonamides is 1. The van der Waals surface area contributed by atoms with Crippen LogP contribution >= 0.6 is 11.3 Å². The molecular formula is C10H15NO5S2. The summed E-state index contributed by atoms with van der Waals surface area (Å²) in [5.41, 5.74) is -0.765. The topological polar surface area (TPSA) is 92.7 Å². The Bertz CT molecular complexity index is 532. The van der Waals surface area contributed by atoms with Crippen molar-refractivity contribution in [2.24, 2.45) is 0 Å². The van der Waals surface area contributed by atoms with Gasteiger partial charge in [0.25, 0.3) is 0 Å². The first-order valence-electron chi connectivity index (χ1n) is 5.03. The number of aromatic carboxylic acids is 1. The van der Waals surface area contributed by atoms with Crippen molar-refractivity contribution in [3.63, 3.8) is 0 Å². The first-order chi connectivity index (χ1) is 8.18. The monoisotopic (exact) mass is 293 g/mol. The zero-order chi connectivity index (χ0) is 14.0. The number of nitrogens with one attached hydrogen (secondary N) is 1. The zero-order valence-electron chi connectivity index (χ0n) is 10.3. The molecule has 0 aliphatic rings. The van der Waals surface area contributed by atoms with Gasteiger partial charge in [-0.25, -0.2) is 17.9 Å². The fourth-order valence-electron chi connectivity index (χ4n) is 1.38. The number of hydrogen-bond acceptors (Lipinski definition) is 5. The summed E-state index contributed by atoms with van der Waals surface area (Å²) in [6.45, 7) is 3.57. The smallest absolute Gasteiger partial charge is 0.345 e. The Balaban J connectivity index is 2.96. The van der Waals surface area contributed by atoms with Crippen molar-refractivity contribution in [1.82, 2.24) is 4.72 Å². The minimum Gasteiger partial charge on any atom is -0.477 e. The maximum absolute atomic E-state index is 12.0. The molecule has 1 aromatic rings. The molecule has 0 bridgehead atoms. The van der Waals surface area contributed by atoms with Crippen molar-refractivity contribution >= 4 is 27.3 Å². The van der Waals surface area contributed by atoms with E-state index in [9.17, 15) is 13.2 Å². The van der Waals surface area contributed by atoms with E-state index in [4.69, 9.17) is 9.84 Å². The van der Waals surface area contributed by atoms with Gasteiger partial charge in [-0.2, -0.15) is 0 Å². The molecule has 0 fully saturated rings. The van der Waals surface area contributed by atoms with Crippen LogP contribution in [0.2, 0.25) is 0 Å². The number of rotatable bonds is 6. The number of carboxylic acid groups (broad SMARTS) is 1. The predicted molar refractivity (Wildman–Crippen MR) is 67.6 cm³/mol. The second-order valence-electron chi connectivity index (χ2n) is 4.37. The van der Waals surface area contributed by atoms with Crippen molar-refractivity contribution in [3.05, 3.63) is 16.3 Å². The van der Waals surface area contributed by atoms with E-state index < -0.39 is 21.5 Å². The average Bonchev–Trinajstić information content (AvgIpc) is 2.64. The Labute approximate surface area is 110 Å². The van der Waals surface area contributed by atoms with E-state index >= 15 is 0 Å². The molecule has 1 aromatic heterocycles. The summed E-state index contributed by atoms with van der Waals surface area (Å²) in [4.78, 5) is 10.6. The van der Waals surface area contributed by atoms with Gasteiger partial charge in [-0.3, -0.25) is 0 Å². The van der Waals surface area contributed by atoms with E-state index in [1.807, 2.05) is 0 Å². The lowest BCUT2D eigenvalue weighted by Crippen LogP contribution is -2.46. The molecule has 0 saturated carbocycles. The first kappa shape index (κ1) is 15.1. The highest BCUT2D eigenvalue weighted by Gasteiger charge is 2.27. The number of methoxy groups -OCH3 is 1. The van der Waals surface area contributed by atoms with Crippen LogP contribution < -0.4 is 4.72 Å². The summed E-state index contributed by atoms with van der Waals surface area (Å²) in [6.07, 6.45) is 0. The van der Waals surface area contributed by atoms with Crippen LogP contribution in [0.25, 0.3) is 0 Å². The van der Waals surface area contributed by atoms with Crippen LogP contribution in [0.15, 0.2) is 16.3 Å². The molecule has 0 atom stereocenters. The van der Waals surface area contributed by atoms with Crippen LogP contribution in [0.5, 0.6) is 0 Å². The Morgan fingerprint density at radius 2 is 2.17 bits per heavy atom. The quantitative estimate of drug-likeness (QED) is 0.820. The van der Waals surface area contributed by atoms with Crippen LogP contribution in [0.1, 0.15) is 23.5 Å². The molecule has 0 radical (unpaired) electrons. The van der Waals surface area contributed by atoms with Gasteiger partial charge in [-0.1, -0.05) is 0 Å². The van der Waals surface area contributed by atoms with Crippen molar-refractivity contribution in [2.75, 3.05) is 13.7 Å². The third kappa shape index (κ3) is 3.77. The van der Waals surface area contributed by atoms with Gasteiger partial charge in [0.1, 0.15) is 4.88 Å². The predicted octanol–water partition coefficient (Wildman–Crippen LogP) is 1.15. The van der Waals surface area contributed by atoms with Gasteiger partial charge in [0.15, 0.2) is 0 Å². The maximum atomic E-state index is 12.0. The maximum Gasteiger partial charge on any atom is 0.345 e. The lowest BCUT2D eigenvalue weighted by molar-refractivity contribution is 0.0702. The molecule has 0 aliphatic heterocycles. The van der Waals surface area contributed by atoms with Crippen molar-refractivity contribution in [2.45, 2.75) is 24.3 Å². The Kier molecular flexibility index (Phi) is 4.49. The molecule has 0 spiro atoms. The van der Waals surface area contributed by atoms with Gasteiger partial charge >= 0.3 is 5.97 Å². The molecular weight excluding hydrogens is 278 g/mol. The number of ether oxygens (including phenoxy) is 1. The van der Waals surface area contributed by atoms with Gasteiger partial charge in [0.05, 0.1) is 17.0 Å². The van der Waals surface area contributed by atoms with Crippen LogP contribution in [0, 0.1) is 0 Å². The second-order valence-corrected chi connectivity index (χ2v) is 6.97. The largest absolute Gasteiger partial charge is 0.477 e. The minimum atomic E-state index is -3.74. The van der Waals surface area contributed by atoms with Crippen molar-refractivity contribution in [3.8, 4) is 0 Å². The molecule has 0 unspecified atom stereocenters. The second kappa shape index (κ2) is 5.35. The Hall–Kier alpha value is -0.960. The molecule has 0 aliphatic carbocycles. The van der Waals surface area contributed by atoms with Gasteiger partial charge in [0, 0.05) is 12.5 Å². The third-order valence-electron chi connectivity index (χ3n) is 2.01. The van der Waals surface area contributed by atoms with E-state index in [1.165, 1.54) is 12.5 Å². The molecule has 0 amide bonds. The highest BCUT2D eigenvalue weighted by molar-refractivity contribution is 7.89. The van der Waals surface area contributed by atoms with Gasteiger partial charge < -0.3 is 9.84 Å². The molecule has 8 heteroatoms. The van der Waals surface area contributed by atoms with E-state index in [2.05, 4.69) is 4.72 Å². The first-order valence-corrected chi connectivity index (χ1v) is 7.39. The SMILES string of the molecule is COCC(C)(C)NS(=O)(=O)c1csc(C(=O)O)c1. The van der Waals surface area contributed by atoms with Crippen molar-refractivity contribution in [1.29, 1.82) is 0 Å². The van der Waals surface area contributed by atoms with Crippen LogP contribution in [0.3, 0.4) is 0 Å². The number of thiophene rings is 1. The minimum absolute atomic E-state index is 0.0140. The molecule has 0 saturated heterocycles. The summed E-state index contributed by atoms with van der Waals surface area (Å²) in [6, 6.07) is 1.14. The molecule has 0 aromatic carbocycles. The van der Waals surface area contributed by atoms with Crippen molar-refractivity contribution < 1.29 is 23.1 Å². The Morgan fingerprint density at radius 1 is 1.56 bits per heavy atom. The highest BCUT2D eigenvalue weighted by Crippen LogP contribution is 2.20. The number of carbonyl (C=O) groups is 1. The normalized spacial score (nSPS) is 12.6. The average molecular weight is 293 g/mol. The van der Waals surface area contributed by atoms with E-state index in [0.717, 1.165) is 17.4 Å². The van der Waals surface area contributed by atoms with Crippen LogP contribution in [-0.2, 0) is 14.8 Å². The van der Waals surface area contributed by atoms with Gasteiger partial charge in [0.2, 0.25) is 10.0 Å². The summed E-state index contributed by atoms with van der Waals surface area (Å²) in [5, 5.41) is 10.1. The van der Waals surface area contributed by atoms with E-state index in [0.29, 0.717) is 0 Å². The summed E-state index contributed by atoms with van der Waals surface area (Å²) < 4.78 is 31.4. The van der Waals surface area contributed by atoms with Crippen LogP contribution in [0.4, 0.5) is 0 Å². The number of carboxylic acids is 1. The molecule has 102 valence electrons.